The van der Waals surface area contributed by atoms with E-state index in [0.717, 1.165) is 0 Å². The molecule has 0 spiro atoms. The fourth-order valence-corrected chi connectivity index (χ4v) is 3.02. The molecule has 1 aromatic carbocycles. The number of hydrogen-bond acceptors (Lipinski definition) is 6. The number of nitrogens with zero attached hydrogens (tertiary/aromatic N) is 5. The number of nitrogens with one attached hydrogen (secondary N) is 1. The van der Waals surface area contributed by atoms with E-state index in [0.29, 0.717) is 17.5 Å². The minimum atomic E-state index is -0.857. The second-order valence-corrected chi connectivity index (χ2v) is 6.32. The quantitative estimate of drug-likeness (QED) is 0.445. The van der Waals surface area contributed by atoms with Crippen molar-refractivity contribution in [3.05, 3.63) is 68.6 Å². The number of carbonyl (C=O) groups excluding carboxylic acids is 1. The number of rotatable bonds is 6. The molecule has 1 aliphatic rings. The molecule has 2 heterocycles. The zero-order chi connectivity index (χ0) is 20.1. The molecule has 0 saturated carbocycles. The molecule has 3 rings (SSSR count). The van der Waals surface area contributed by atoms with Crippen molar-refractivity contribution in [1.29, 1.82) is 0 Å². The summed E-state index contributed by atoms with van der Waals surface area (Å²) < 4.78 is 6.94. The zero-order valence-corrected chi connectivity index (χ0v) is 15.2. The fourth-order valence-electron chi connectivity index (χ4n) is 3.02. The molecule has 10 heteroatoms. The first-order chi connectivity index (χ1) is 13.5. The van der Waals surface area contributed by atoms with E-state index in [4.69, 9.17) is 10.3 Å². The third-order valence-electron chi connectivity index (χ3n) is 4.52. The molecule has 0 aliphatic carbocycles. The van der Waals surface area contributed by atoms with E-state index in [9.17, 15) is 14.7 Å². The zero-order valence-electron chi connectivity index (χ0n) is 15.2. The van der Waals surface area contributed by atoms with Crippen LogP contribution in [-0.4, -0.2) is 39.3 Å². The fraction of sp³-hybridized carbons (Fsp3) is 0.389. The van der Waals surface area contributed by atoms with Crippen molar-refractivity contribution in [3.8, 4) is 0 Å². The van der Waals surface area contributed by atoms with Crippen molar-refractivity contribution in [2.75, 3.05) is 11.9 Å². The molecule has 2 N–H and O–H groups in total. The second-order valence-electron chi connectivity index (χ2n) is 6.32. The summed E-state index contributed by atoms with van der Waals surface area (Å²) in [4.78, 5) is 31.5. The third-order valence-corrected chi connectivity index (χ3v) is 4.52. The molecule has 0 bridgehead atoms. The maximum atomic E-state index is 12.5. The molecule has 2 aromatic rings. The molecule has 1 fully saturated rings. The van der Waals surface area contributed by atoms with Gasteiger partial charge in [0, 0.05) is 28.7 Å². The number of amides is 1. The highest BCUT2D eigenvalue weighted by molar-refractivity contribution is 6.04. The van der Waals surface area contributed by atoms with E-state index in [-0.39, 0.29) is 24.7 Å². The van der Waals surface area contributed by atoms with Gasteiger partial charge in [-0.25, -0.2) is 4.79 Å². The first kappa shape index (κ1) is 19.6. The van der Waals surface area contributed by atoms with Crippen molar-refractivity contribution in [3.63, 3.8) is 0 Å². The van der Waals surface area contributed by atoms with Crippen LogP contribution in [-0.2, 0) is 11.2 Å². The van der Waals surface area contributed by atoms with Crippen LogP contribution in [0.4, 0.5) is 5.82 Å². The number of ether oxygens (including phenoxy) is 1. The largest absolute Gasteiger partial charge is 0.390 e. The highest BCUT2D eigenvalue weighted by Crippen LogP contribution is 2.28. The number of carbonyl (C=O) groups is 1. The van der Waals surface area contributed by atoms with Crippen LogP contribution in [0, 0.1) is 0 Å². The number of anilines is 1. The molecule has 28 heavy (non-hydrogen) atoms. The number of aromatic nitrogens is 2. The standard InChI is InChI=1S/C18H20N6O4/c1-2-11-10-24(15-8-13(25)14(28-15)9-20-23-19)18(27)22-16(11)21-17(26)12-6-4-3-5-7-12/h3-7,10,13-15,25H,2,8-9H2,1H3,(H,21,22,26,27)/t13-,14+,15+/m0/s1. The van der Waals surface area contributed by atoms with Gasteiger partial charge in [-0.05, 0) is 24.1 Å². The average Bonchev–Trinajstić information content (AvgIpc) is 3.07. The summed E-state index contributed by atoms with van der Waals surface area (Å²) in [7, 11) is 0. The minimum absolute atomic E-state index is 0.0256. The van der Waals surface area contributed by atoms with Gasteiger partial charge in [0.05, 0.1) is 18.8 Å². The van der Waals surface area contributed by atoms with Gasteiger partial charge in [0.15, 0.2) is 0 Å². The van der Waals surface area contributed by atoms with Crippen LogP contribution in [0.2, 0.25) is 0 Å². The van der Waals surface area contributed by atoms with Gasteiger partial charge in [-0.2, -0.15) is 4.98 Å². The van der Waals surface area contributed by atoms with E-state index < -0.39 is 24.1 Å². The number of azide groups is 1. The molecule has 1 aromatic heterocycles. The maximum absolute atomic E-state index is 12.5. The van der Waals surface area contributed by atoms with Gasteiger partial charge in [0.25, 0.3) is 5.91 Å². The number of aliphatic hydroxyl groups excluding tert-OH is 1. The summed E-state index contributed by atoms with van der Waals surface area (Å²) in [6, 6.07) is 8.63. The summed E-state index contributed by atoms with van der Waals surface area (Å²) >= 11 is 0. The Kier molecular flexibility index (Phi) is 6.05. The van der Waals surface area contributed by atoms with Crippen molar-refractivity contribution < 1.29 is 14.6 Å². The molecule has 3 atom stereocenters. The molecular formula is C18H20N6O4. The number of benzene rings is 1. The molecular weight excluding hydrogens is 364 g/mol. The SMILES string of the molecule is CCc1cn([C@H]2C[C@H](O)[C@@H](CN=[N+]=[N-])O2)c(=O)nc1NC(=O)c1ccccc1. The summed E-state index contributed by atoms with van der Waals surface area (Å²) in [6.45, 7) is 1.85. The van der Waals surface area contributed by atoms with Gasteiger partial charge < -0.3 is 15.2 Å². The van der Waals surface area contributed by atoms with E-state index in [2.05, 4.69) is 20.3 Å². The van der Waals surface area contributed by atoms with Gasteiger partial charge >= 0.3 is 5.69 Å². The molecule has 0 unspecified atom stereocenters. The summed E-state index contributed by atoms with van der Waals surface area (Å²) in [5.74, 6) is -0.163. The Morgan fingerprint density at radius 3 is 2.89 bits per heavy atom. The lowest BCUT2D eigenvalue weighted by atomic mass is 10.1. The Morgan fingerprint density at radius 1 is 1.46 bits per heavy atom. The highest BCUT2D eigenvalue weighted by Gasteiger charge is 2.35. The van der Waals surface area contributed by atoms with E-state index >= 15 is 0 Å². The predicted molar refractivity (Wildman–Crippen MR) is 101 cm³/mol. The van der Waals surface area contributed by atoms with Gasteiger partial charge in [0.1, 0.15) is 12.0 Å². The molecule has 0 radical (unpaired) electrons. The molecule has 1 aliphatic heterocycles. The van der Waals surface area contributed by atoms with Crippen LogP contribution < -0.4 is 11.0 Å². The molecule has 146 valence electrons. The van der Waals surface area contributed by atoms with Crippen LogP contribution in [0.25, 0.3) is 10.4 Å². The number of aliphatic hydroxyl groups is 1. The Hall–Kier alpha value is -3.20. The van der Waals surface area contributed by atoms with E-state index in [1.54, 1.807) is 36.5 Å². The van der Waals surface area contributed by atoms with Gasteiger partial charge in [0.2, 0.25) is 0 Å². The lowest BCUT2D eigenvalue weighted by Gasteiger charge is -2.17. The molecule has 10 nitrogen and oxygen atoms in total. The smallest absolute Gasteiger partial charge is 0.351 e. The van der Waals surface area contributed by atoms with E-state index in [1.165, 1.54) is 4.57 Å². The first-order valence-corrected chi connectivity index (χ1v) is 8.86. The van der Waals surface area contributed by atoms with Crippen molar-refractivity contribution >= 4 is 11.7 Å². The van der Waals surface area contributed by atoms with Gasteiger partial charge in [-0.15, -0.1) is 0 Å². The second kappa shape index (κ2) is 8.66. The summed E-state index contributed by atoms with van der Waals surface area (Å²) in [5.41, 5.74) is 8.92. The van der Waals surface area contributed by atoms with Crippen LogP contribution in [0.3, 0.4) is 0 Å². The Morgan fingerprint density at radius 2 is 2.21 bits per heavy atom. The van der Waals surface area contributed by atoms with Crippen LogP contribution in [0.15, 0.2) is 46.4 Å². The van der Waals surface area contributed by atoms with E-state index in [1.807, 2.05) is 6.92 Å². The summed E-state index contributed by atoms with van der Waals surface area (Å²) in [5, 5.41) is 16.1. The van der Waals surface area contributed by atoms with Gasteiger partial charge in [-0.1, -0.05) is 30.2 Å². The Bertz CT molecular complexity index is 954. The Balaban J connectivity index is 1.83. The highest BCUT2D eigenvalue weighted by atomic mass is 16.5. The van der Waals surface area contributed by atoms with Crippen LogP contribution in [0.1, 0.15) is 35.5 Å². The Labute approximate surface area is 160 Å². The maximum Gasteiger partial charge on any atom is 0.351 e. The summed E-state index contributed by atoms with van der Waals surface area (Å²) in [6.07, 6.45) is 0.00288. The normalized spacial score (nSPS) is 21.1. The first-order valence-electron chi connectivity index (χ1n) is 8.86. The monoisotopic (exact) mass is 384 g/mol. The van der Waals surface area contributed by atoms with Crippen molar-refractivity contribution in [2.24, 2.45) is 5.11 Å². The predicted octanol–water partition coefficient (Wildman–Crippen LogP) is 2.02. The lowest BCUT2D eigenvalue weighted by molar-refractivity contribution is -0.0150. The van der Waals surface area contributed by atoms with Gasteiger partial charge in [-0.3, -0.25) is 9.36 Å². The van der Waals surface area contributed by atoms with Crippen molar-refractivity contribution in [2.45, 2.75) is 38.2 Å². The third kappa shape index (κ3) is 4.20. The number of aryl methyl sites for hydroxylation is 1. The van der Waals surface area contributed by atoms with Crippen LogP contribution >= 0.6 is 0 Å². The van der Waals surface area contributed by atoms with Crippen molar-refractivity contribution in [1.82, 2.24) is 9.55 Å². The van der Waals surface area contributed by atoms with Crippen LogP contribution in [0.5, 0.6) is 0 Å². The molecule has 1 saturated heterocycles. The molecule has 1 amide bonds. The topological polar surface area (TPSA) is 142 Å². The minimum Gasteiger partial charge on any atom is -0.390 e. The average molecular weight is 384 g/mol. The lowest BCUT2D eigenvalue weighted by Crippen LogP contribution is -2.30. The number of hydrogen-bond donors (Lipinski definition) is 2.